The van der Waals surface area contributed by atoms with Crippen LogP contribution in [0.5, 0.6) is 17.4 Å². The Kier molecular flexibility index (Phi) is 8.71. The van der Waals surface area contributed by atoms with Crippen molar-refractivity contribution in [2.24, 2.45) is 5.41 Å². The molecule has 0 radical (unpaired) electrons. The molecule has 3 heterocycles. The number of nitrogens with zero attached hydrogens (tertiary/aromatic N) is 3. The van der Waals surface area contributed by atoms with Gasteiger partial charge in [0.2, 0.25) is 5.88 Å². The van der Waals surface area contributed by atoms with Gasteiger partial charge >= 0.3 is 6.36 Å². The van der Waals surface area contributed by atoms with Crippen molar-refractivity contribution in [3.63, 3.8) is 0 Å². The summed E-state index contributed by atoms with van der Waals surface area (Å²) in [5.41, 5.74) is 0.309. The summed E-state index contributed by atoms with van der Waals surface area (Å²) >= 11 is 0. The maximum Gasteiger partial charge on any atom is 0.573 e. The number of halogens is 4. The van der Waals surface area contributed by atoms with Crippen molar-refractivity contribution in [1.82, 2.24) is 9.88 Å². The molecule has 0 amide bonds. The normalized spacial score (nSPS) is 17.6. The van der Waals surface area contributed by atoms with Gasteiger partial charge in [-0.1, -0.05) is 24.3 Å². The van der Waals surface area contributed by atoms with Crippen LogP contribution in [0.2, 0.25) is 0 Å². The molecule has 1 spiro atoms. The van der Waals surface area contributed by atoms with Gasteiger partial charge in [-0.05, 0) is 68.5 Å². The van der Waals surface area contributed by atoms with Gasteiger partial charge in [0.25, 0.3) is 0 Å². The molecule has 12 heteroatoms. The number of hydrogen-bond acceptors (Lipinski definition) is 8. The smallest absolute Gasteiger partial charge is 0.494 e. The second-order valence-electron chi connectivity index (χ2n) is 12.7. The fourth-order valence-electron chi connectivity index (χ4n) is 6.65. The number of pyridine rings is 1. The van der Waals surface area contributed by atoms with Crippen LogP contribution in [0.15, 0.2) is 66.7 Å². The highest BCUT2D eigenvalue weighted by Gasteiger charge is 2.49. The molecule has 1 aromatic heterocycles. The fraction of sp³-hybridized carbons (Fsp3) is 0.400. The van der Waals surface area contributed by atoms with Gasteiger partial charge in [0, 0.05) is 41.8 Å². The van der Waals surface area contributed by atoms with Crippen LogP contribution in [0, 0.1) is 11.2 Å². The zero-order valence-electron chi connectivity index (χ0n) is 26.6. The van der Waals surface area contributed by atoms with Crippen LogP contribution < -0.4 is 19.1 Å². The molecule has 0 saturated carbocycles. The Morgan fingerprint density at radius 1 is 0.979 bits per heavy atom. The maximum atomic E-state index is 16.3. The Balaban J connectivity index is 1.56. The van der Waals surface area contributed by atoms with E-state index in [1.807, 2.05) is 29.2 Å². The van der Waals surface area contributed by atoms with E-state index in [-0.39, 0.29) is 34.6 Å². The van der Waals surface area contributed by atoms with Gasteiger partial charge in [-0.3, -0.25) is 0 Å². The number of alkyl halides is 3. The molecule has 0 aliphatic carbocycles. The minimum atomic E-state index is -4.95. The first kappa shape index (κ1) is 32.8. The van der Waals surface area contributed by atoms with Crippen molar-refractivity contribution < 1.29 is 41.6 Å². The lowest BCUT2D eigenvalue weighted by Crippen LogP contribution is -2.66. The van der Waals surface area contributed by atoms with Crippen LogP contribution >= 0.6 is 0 Å². The second-order valence-corrected chi connectivity index (χ2v) is 12.7. The average molecular weight is 656 g/mol. The van der Waals surface area contributed by atoms with E-state index in [9.17, 15) is 18.3 Å². The molecule has 3 aromatic carbocycles. The van der Waals surface area contributed by atoms with E-state index in [4.69, 9.17) is 19.2 Å². The van der Waals surface area contributed by atoms with E-state index in [0.717, 1.165) is 49.5 Å². The third-order valence-corrected chi connectivity index (χ3v) is 9.04. The number of aromatic nitrogens is 1. The number of rotatable bonds is 11. The summed E-state index contributed by atoms with van der Waals surface area (Å²) in [5.74, 6) is -2.37. The standard InChI is InChI=1S/C35H37F4N3O5/c1-41(2)14-13-34(43,23-7-5-8-25(17-23)47-35(37,38)39)30(26-9-6-10-29(44-3)31(26)36)27-16-22-15-24(11-12-28(22)40-32(27)45-4)42-18-33(19-42)20-46-21-33/h5-12,15-17,30,43H,13-14,18-21H2,1-4H3. The molecule has 2 aliphatic heterocycles. The van der Waals surface area contributed by atoms with Crippen molar-refractivity contribution in [1.29, 1.82) is 0 Å². The minimum absolute atomic E-state index is 0.00402. The Labute approximate surface area is 270 Å². The van der Waals surface area contributed by atoms with E-state index in [0.29, 0.717) is 17.6 Å². The van der Waals surface area contributed by atoms with Crippen molar-refractivity contribution >= 4 is 16.6 Å². The molecule has 0 bridgehead atoms. The number of ether oxygens (including phenoxy) is 4. The van der Waals surface area contributed by atoms with E-state index >= 15 is 4.39 Å². The highest BCUT2D eigenvalue weighted by atomic mass is 19.4. The molecule has 6 rings (SSSR count). The largest absolute Gasteiger partial charge is 0.573 e. The first-order valence-electron chi connectivity index (χ1n) is 15.2. The lowest BCUT2D eigenvalue weighted by molar-refractivity contribution is -0.274. The quantitative estimate of drug-likeness (QED) is 0.195. The van der Waals surface area contributed by atoms with Gasteiger partial charge in [-0.2, -0.15) is 0 Å². The van der Waals surface area contributed by atoms with E-state index in [2.05, 4.69) is 9.64 Å². The first-order chi connectivity index (χ1) is 22.3. The molecule has 1 N–H and O–H groups in total. The summed E-state index contributed by atoms with van der Waals surface area (Å²) in [4.78, 5) is 8.85. The molecule has 2 atom stereocenters. The summed E-state index contributed by atoms with van der Waals surface area (Å²) < 4.78 is 77.0. The zero-order chi connectivity index (χ0) is 33.6. The summed E-state index contributed by atoms with van der Waals surface area (Å²) in [6.45, 7) is 3.53. The number of hydrogen-bond donors (Lipinski definition) is 1. The lowest BCUT2D eigenvalue weighted by Gasteiger charge is -2.56. The second kappa shape index (κ2) is 12.5. The van der Waals surface area contributed by atoms with Crippen LogP contribution in [-0.2, 0) is 10.3 Å². The number of aliphatic hydroxyl groups is 1. The molecule has 2 aliphatic rings. The number of methoxy groups -OCH3 is 2. The molecule has 2 fully saturated rings. The topological polar surface area (TPSA) is 76.5 Å². The number of fused-ring (bicyclic) bond motifs is 1. The summed E-state index contributed by atoms with van der Waals surface area (Å²) in [6, 6.07) is 17.4. The molecule has 47 heavy (non-hydrogen) atoms. The van der Waals surface area contributed by atoms with Crippen LogP contribution in [0.1, 0.15) is 29.0 Å². The lowest BCUT2D eigenvalue weighted by atomic mass is 9.71. The van der Waals surface area contributed by atoms with Crippen molar-refractivity contribution in [2.45, 2.75) is 24.3 Å². The first-order valence-corrected chi connectivity index (χ1v) is 15.2. The van der Waals surface area contributed by atoms with Crippen molar-refractivity contribution in [2.75, 3.05) is 66.1 Å². The summed E-state index contributed by atoms with van der Waals surface area (Å²) in [7, 11) is 6.38. The van der Waals surface area contributed by atoms with E-state index in [1.54, 1.807) is 20.2 Å². The van der Waals surface area contributed by atoms with Crippen molar-refractivity contribution in [3.05, 3.63) is 89.2 Å². The van der Waals surface area contributed by atoms with Gasteiger partial charge in [-0.15, -0.1) is 13.2 Å². The molecule has 2 unspecified atom stereocenters. The molecule has 4 aromatic rings. The minimum Gasteiger partial charge on any atom is -0.494 e. The third-order valence-electron chi connectivity index (χ3n) is 9.04. The average Bonchev–Trinajstić information content (AvgIpc) is 2.98. The van der Waals surface area contributed by atoms with Gasteiger partial charge in [0.05, 0.1) is 44.3 Å². The Hall–Kier alpha value is -4.13. The Morgan fingerprint density at radius 2 is 1.72 bits per heavy atom. The predicted octanol–water partition coefficient (Wildman–Crippen LogP) is 6.10. The van der Waals surface area contributed by atoms with E-state index in [1.165, 1.54) is 38.5 Å². The van der Waals surface area contributed by atoms with Crippen LogP contribution in [-0.4, -0.2) is 82.5 Å². The molecular formula is C35H37F4N3O5. The fourth-order valence-corrected chi connectivity index (χ4v) is 6.65. The number of anilines is 1. The third kappa shape index (κ3) is 6.41. The van der Waals surface area contributed by atoms with Gasteiger partial charge in [0.15, 0.2) is 11.6 Å². The summed E-state index contributed by atoms with van der Waals surface area (Å²) in [5, 5.41) is 13.6. The van der Waals surface area contributed by atoms with Crippen LogP contribution in [0.3, 0.4) is 0 Å². The molecule has 250 valence electrons. The Morgan fingerprint density at radius 3 is 2.36 bits per heavy atom. The highest BCUT2D eigenvalue weighted by molar-refractivity contribution is 5.84. The number of benzene rings is 3. The monoisotopic (exact) mass is 655 g/mol. The van der Waals surface area contributed by atoms with E-state index < -0.39 is 29.4 Å². The van der Waals surface area contributed by atoms with Gasteiger partial charge in [-0.25, -0.2) is 9.37 Å². The van der Waals surface area contributed by atoms with Gasteiger partial charge in [0.1, 0.15) is 11.4 Å². The zero-order valence-corrected chi connectivity index (χ0v) is 26.6. The van der Waals surface area contributed by atoms with Crippen molar-refractivity contribution in [3.8, 4) is 17.4 Å². The van der Waals surface area contributed by atoms with Gasteiger partial charge < -0.3 is 33.9 Å². The summed E-state index contributed by atoms with van der Waals surface area (Å²) in [6.07, 6.45) is -4.96. The van der Waals surface area contributed by atoms with Crippen LogP contribution in [0.4, 0.5) is 23.2 Å². The molecular weight excluding hydrogens is 618 g/mol. The molecule has 2 saturated heterocycles. The Bertz CT molecular complexity index is 1760. The van der Waals surface area contributed by atoms with Crippen LogP contribution in [0.25, 0.3) is 10.9 Å². The SMILES string of the molecule is COc1cccc(C(c2cc3cc(N4CC5(COC5)C4)ccc3nc2OC)C(O)(CCN(C)C)c2cccc(OC(F)(F)F)c2)c1F. The molecule has 8 nitrogen and oxygen atoms in total. The predicted molar refractivity (Wildman–Crippen MR) is 169 cm³/mol. The maximum absolute atomic E-state index is 16.3. The highest BCUT2D eigenvalue weighted by Crippen LogP contribution is 2.50.